The molecule has 0 aromatic heterocycles. The van der Waals surface area contributed by atoms with Gasteiger partial charge in [0.05, 0.1) is 12.2 Å². The maximum atomic E-state index is 12.5. The Balaban J connectivity index is 1.43. The number of para-hydroxylation sites is 3. The van der Waals surface area contributed by atoms with Gasteiger partial charge < -0.3 is 25.4 Å². The van der Waals surface area contributed by atoms with Gasteiger partial charge >= 0.3 is 0 Å². The maximum absolute atomic E-state index is 12.5. The summed E-state index contributed by atoms with van der Waals surface area (Å²) in [5.74, 6) is 1.45. The SMILES string of the molecule is CC(C)CC(=O)Nc1ccc(NCC(=O)Nc2ccccc2OCCOc2ccccc2)cc1. The van der Waals surface area contributed by atoms with Crippen LogP contribution in [0.3, 0.4) is 0 Å². The lowest BCUT2D eigenvalue weighted by atomic mass is 10.1. The molecule has 0 bridgehead atoms. The summed E-state index contributed by atoms with van der Waals surface area (Å²) in [5.41, 5.74) is 2.10. The molecule has 0 aliphatic heterocycles. The Morgan fingerprint density at radius 3 is 2.12 bits per heavy atom. The molecule has 0 unspecified atom stereocenters. The number of amides is 2. The number of carbonyl (C=O) groups excluding carboxylic acids is 2. The molecule has 178 valence electrons. The fraction of sp³-hybridized carbons (Fsp3) is 0.259. The highest BCUT2D eigenvalue weighted by Gasteiger charge is 2.09. The second-order valence-electron chi connectivity index (χ2n) is 8.13. The van der Waals surface area contributed by atoms with Crippen molar-refractivity contribution in [3.8, 4) is 11.5 Å². The third kappa shape index (κ3) is 8.50. The maximum Gasteiger partial charge on any atom is 0.243 e. The van der Waals surface area contributed by atoms with Gasteiger partial charge in [-0.1, -0.05) is 44.2 Å². The average molecular weight is 462 g/mol. The number of hydrogen-bond donors (Lipinski definition) is 3. The van der Waals surface area contributed by atoms with E-state index in [1.165, 1.54) is 0 Å². The van der Waals surface area contributed by atoms with Gasteiger partial charge in [0, 0.05) is 17.8 Å². The number of ether oxygens (including phenoxy) is 2. The molecule has 0 aliphatic rings. The van der Waals surface area contributed by atoms with E-state index in [1.54, 1.807) is 24.3 Å². The molecule has 34 heavy (non-hydrogen) atoms. The summed E-state index contributed by atoms with van der Waals surface area (Å²) in [6.45, 7) is 4.83. The molecule has 0 heterocycles. The Hall–Kier alpha value is -4.00. The highest BCUT2D eigenvalue weighted by Crippen LogP contribution is 2.24. The monoisotopic (exact) mass is 461 g/mol. The van der Waals surface area contributed by atoms with E-state index in [0.29, 0.717) is 37.0 Å². The number of benzene rings is 3. The first kappa shape index (κ1) is 24.6. The first-order chi connectivity index (χ1) is 16.5. The third-order valence-corrected chi connectivity index (χ3v) is 4.73. The van der Waals surface area contributed by atoms with Crippen LogP contribution in [0.5, 0.6) is 11.5 Å². The number of rotatable bonds is 12. The van der Waals surface area contributed by atoms with Crippen LogP contribution in [-0.2, 0) is 9.59 Å². The Morgan fingerprint density at radius 2 is 1.38 bits per heavy atom. The predicted octanol–water partition coefficient (Wildman–Crippen LogP) is 5.18. The van der Waals surface area contributed by atoms with Gasteiger partial charge in [0.15, 0.2) is 0 Å². The zero-order chi connectivity index (χ0) is 24.2. The summed E-state index contributed by atoms with van der Waals surface area (Å²) in [5, 5.41) is 8.82. The van der Waals surface area contributed by atoms with Crippen molar-refractivity contribution in [2.24, 2.45) is 5.92 Å². The third-order valence-electron chi connectivity index (χ3n) is 4.73. The predicted molar refractivity (Wildman–Crippen MR) is 136 cm³/mol. The van der Waals surface area contributed by atoms with E-state index in [1.807, 2.05) is 68.4 Å². The second kappa shape index (κ2) is 12.9. The van der Waals surface area contributed by atoms with Crippen LogP contribution < -0.4 is 25.4 Å². The van der Waals surface area contributed by atoms with Gasteiger partial charge in [0.1, 0.15) is 24.7 Å². The zero-order valence-electron chi connectivity index (χ0n) is 19.5. The second-order valence-corrected chi connectivity index (χ2v) is 8.13. The van der Waals surface area contributed by atoms with Crippen LogP contribution in [-0.4, -0.2) is 31.6 Å². The summed E-state index contributed by atoms with van der Waals surface area (Å²) in [6.07, 6.45) is 0.478. The average Bonchev–Trinajstić information content (AvgIpc) is 2.82. The Morgan fingerprint density at radius 1 is 0.735 bits per heavy atom. The van der Waals surface area contributed by atoms with Crippen LogP contribution in [0.2, 0.25) is 0 Å². The molecule has 0 atom stereocenters. The molecule has 0 fully saturated rings. The van der Waals surface area contributed by atoms with E-state index in [2.05, 4.69) is 16.0 Å². The first-order valence-corrected chi connectivity index (χ1v) is 11.3. The van der Waals surface area contributed by atoms with Crippen LogP contribution in [0.15, 0.2) is 78.9 Å². The van der Waals surface area contributed by atoms with Gasteiger partial charge in [-0.05, 0) is 54.4 Å². The van der Waals surface area contributed by atoms with Crippen molar-refractivity contribution in [1.29, 1.82) is 0 Å². The van der Waals surface area contributed by atoms with Crippen molar-refractivity contribution in [2.75, 3.05) is 35.7 Å². The van der Waals surface area contributed by atoms with E-state index in [-0.39, 0.29) is 18.4 Å². The molecule has 3 rings (SSSR count). The van der Waals surface area contributed by atoms with Gasteiger partial charge in [0.25, 0.3) is 0 Å². The van der Waals surface area contributed by atoms with E-state index in [4.69, 9.17) is 9.47 Å². The number of anilines is 3. The lowest BCUT2D eigenvalue weighted by Crippen LogP contribution is -2.22. The smallest absolute Gasteiger partial charge is 0.243 e. The van der Waals surface area contributed by atoms with Crippen LogP contribution in [0, 0.1) is 5.92 Å². The molecule has 7 nitrogen and oxygen atoms in total. The van der Waals surface area contributed by atoms with Crippen LogP contribution >= 0.6 is 0 Å². The molecule has 3 aromatic rings. The summed E-state index contributed by atoms with van der Waals surface area (Å²) < 4.78 is 11.4. The minimum Gasteiger partial charge on any atom is -0.490 e. The Labute approximate surface area is 200 Å². The summed E-state index contributed by atoms with van der Waals surface area (Å²) >= 11 is 0. The lowest BCUT2D eigenvalue weighted by Gasteiger charge is -2.14. The van der Waals surface area contributed by atoms with Crippen molar-refractivity contribution >= 4 is 28.9 Å². The Bertz CT molecular complexity index is 1050. The lowest BCUT2D eigenvalue weighted by molar-refractivity contribution is -0.117. The van der Waals surface area contributed by atoms with Crippen molar-refractivity contribution < 1.29 is 19.1 Å². The minimum atomic E-state index is -0.203. The van der Waals surface area contributed by atoms with Gasteiger partial charge in [-0.2, -0.15) is 0 Å². The molecule has 0 saturated carbocycles. The van der Waals surface area contributed by atoms with Crippen LogP contribution in [0.1, 0.15) is 20.3 Å². The van der Waals surface area contributed by atoms with Crippen LogP contribution in [0.25, 0.3) is 0 Å². The van der Waals surface area contributed by atoms with E-state index in [0.717, 1.165) is 17.1 Å². The molecule has 0 radical (unpaired) electrons. The van der Waals surface area contributed by atoms with Crippen molar-refractivity contribution in [2.45, 2.75) is 20.3 Å². The molecule has 0 spiro atoms. The van der Waals surface area contributed by atoms with Gasteiger partial charge in [-0.15, -0.1) is 0 Å². The highest BCUT2D eigenvalue weighted by molar-refractivity contribution is 5.95. The normalized spacial score (nSPS) is 10.4. The largest absolute Gasteiger partial charge is 0.490 e. The number of carbonyl (C=O) groups is 2. The summed E-state index contributed by atoms with van der Waals surface area (Å²) in [7, 11) is 0. The molecule has 2 amide bonds. The number of nitrogens with one attached hydrogen (secondary N) is 3. The molecule has 7 heteroatoms. The van der Waals surface area contributed by atoms with Crippen molar-refractivity contribution in [3.05, 3.63) is 78.9 Å². The summed E-state index contributed by atoms with van der Waals surface area (Å²) in [6, 6.07) is 24.1. The minimum absolute atomic E-state index is 0.0115. The topological polar surface area (TPSA) is 88.7 Å². The fourth-order valence-corrected chi connectivity index (χ4v) is 3.15. The summed E-state index contributed by atoms with van der Waals surface area (Å²) in [4.78, 5) is 24.3. The first-order valence-electron chi connectivity index (χ1n) is 11.3. The Kier molecular flexibility index (Phi) is 9.34. The zero-order valence-corrected chi connectivity index (χ0v) is 19.5. The molecule has 3 aromatic carbocycles. The van der Waals surface area contributed by atoms with Crippen molar-refractivity contribution in [1.82, 2.24) is 0 Å². The van der Waals surface area contributed by atoms with E-state index >= 15 is 0 Å². The standard InChI is InChI=1S/C27H31N3O4/c1-20(2)18-26(31)29-22-14-12-21(13-15-22)28-19-27(32)30-24-10-6-7-11-25(24)34-17-16-33-23-8-4-3-5-9-23/h3-15,20,28H,16-19H2,1-2H3,(H,29,31)(H,30,32). The molecular weight excluding hydrogens is 430 g/mol. The number of hydrogen-bond acceptors (Lipinski definition) is 5. The van der Waals surface area contributed by atoms with Gasteiger partial charge in [0.2, 0.25) is 11.8 Å². The van der Waals surface area contributed by atoms with Gasteiger partial charge in [-0.25, -0.2) is 0 Å². The van der Waals surface area contributed by atoms with Crippen LogP contribution in [0.4, 0.5) is 17.1 Å². The molecule has 0 aliphatic carbocycles. The molecule has 0 saturated heterocycles. The van der Waals surface area contributed by atoms with Gasteiger partial charge in [-0.3, -0.25) is 9.59 Å². The molecule has 3 N–H and O–H groups in total. The van der Waals surface area contributed by atoms with Crippen molar-refractivity contribution in [3.63, 3.8) is 0 Å². The van der Waals surface area contributed by atoms with E-state index in [9.17, 15) is 9.59 Å². The fourth-order valence-electron chi connectivity index (χ4n) is 3.15. The molecular formula is C27H31N3O4. The van der Waals surface area contributed by atoms with E-state index < -0.39 is 0 Å². The highest BCUT2D eigenvalue weighted by atomic mass is 16.5. The quantitative estimate of drug-likeness (QED) is 0.324.